The van der Waals surface area contributed by atoms with Gasteiger partial charge in [-0.05, 0) is 55.5 Å². The maximum atomic E-state index is 14.0. The van der Waals surface area contributed by atoms with Crippen molar-refractivity contribution < 1.29 is 9.13 Å². The van der Waals surface area contributed by atoms with Crippen LogP contribution in [0.1, 0.15) is 6.92 Å². The van der Waals surface area contributed by atoms with Crippen LogP contribution in [0.25, 0.3) is 11.3 Å². The summed E-state index contributed by atoms with van der Waals surface area (Å²) in [7, 11) is 1.42. The molecule has 148 valence electrons. The molecule has 0 fully saturated rings. The van der Waals surface area contributed by atoms with Gasteiger partial charge in [-0.15, -0.1) is 0 Å². The van der Waals surface area contributed by atoms with E-state index in [0.29, 0.717) is 23.0 Å². The molecule has 0 spiro atoms. The Balaban J connectivity index is 1.79. The van der Waals surface area contributed by atoms with Crippen molar-refractivity contribution >= 4 is 23.2 Å². The van der Waals surface area contributed by atoms with E-state index in [1.807, 2.05) is 24.3 Å². The van der Waals surface area contributed by atoms with Crippen molar-refractivity contribution in [3.05, 3.63) is 73.3 Å². The standard InChI is InChI=1S/C21H21FN6O/c1-4-28(27-14(2)23)17-8-6-16(7-9-17)25-21-24-12-11-19(26-21)15-5-10-20(29-3)18(22)13-15/h4-13H,1H2,2-3H3,(H2,23,27)(H,24,25,26). The number of anilines is 3. The van der Waals surface area contributed by atoms with Gasteiger partial charge in [0.15, 0.2) is 11.6 Å². The molecule has 0 bridgehead atoms. The highest BCUT2D eigenvalue weighted by molar-refractivity contribution is 5.79. The van der Waals surface area contributed by atoms with Gasteiger partial charge >= 0.3 is 0 Å². The number of hydrazone groups is 1. The van der Waals surface area contributed by atoms with Gasteiger partial charge in [-0.3, -0.25) is 0 Å². The molecule has 0 radical (unpaired) electrons. The number of hydrogen-bond acceptors (Lipinski definition) is 6. The number of benzene rings is 2. The fourth-order valence-electron chi connectivity index (χ4n) is 2.61. The van der Waals surface area contributed by atoms with E-state index >= 15 is 0 Å². The number of hydrogen-bond donors (Lipinski definition) is 2. The first kappa shape index (κ1) is 19.8. The molecule has 3 N–H and O–H groups in total. The zero-order valence-electron chi connectivity index (χ0n) is 16.1. The second-order valence-electron chi connectivity index (χ2n) is 6.06. The summed E-state index contributed by atoms with van der Waals surface area (Å²) in [4.78, 5) is 8.68. The molecule has 0 amide bonds. The zero-order valence-corrected chi connectivity index (χ0v) is 16.1. The van der Waals surface area contributed by atoms with Crippen molar-refractivity contribution in [2.24, 2.45) is 10.8 Å². The van der Waals surface area contributed by atoms with Crippen LogP contribution in [0, 0.1) is 5.82 Å². The second kappa shape index (κ2) is 8.83. The molecular weight excluding hydrogens is 371 g/mol. The molecule has 29 heavy (non-hydrogen) atoms. The van der Waals surface area contributed by atoms with Crippen molar-refractivity contribution in [2.75, 3.05) is 17.4 Å². The summed E-state index contributed by atoms with van der Waals surface area (Å²) in [5, 5.41) is 8.88. The Labute approximate surface area is 168 Å². The third-order valence-corrected chi connectivity index (χ3v) is 3.93. The number of ether oxygens (including phenoxy) is 1. The van der Waals surface area contributed by atoms with Gasteiger partial charge in [0.05, 0.1) is 18.5 Å². The molecule has 3 rings (SSSR count). The van der Waals surface area contributed by atoms with E-state index in [4.69, 9.17) is 10.5 Å². The van der Waals surface area contributed by atoms with Crippen molar-refractivity contribution in [3.63, 3.8) is 0 Å². The quantitative estimate of drug-likeness (QED) is 0.354. The summed E-state index contributed by atoms with van der Waals surface area (Å²) in [5.74, 6) is 0.551. The number of nitrogens with one attached hydrogen (secondary N) is 1. The molecule has 7 nitrogen and oxygen atoms in total. The van der Waals surface area contributed by atoms with Crippen LogP contribution in [0.5, 0.6) is 5.75 Å². The largest absolute Gasteiger partial charge is 0.494 e. The highest BCUT2D eigenvalue weighted by atomic mass is 19.1. The maximum absolute atomic E-state index is 14.0. The first-order valence-electron chi connectivity index (χ1n) is 8.76. The van der Waals surface area contributed by atoms with E-state index in [1.165, 1.54) is 13.2 Å². The van der Waals surface area contributed by atoms with E-state index < -0.39 is 5.82 Å². The van der Waals surface area contributed by atoms with Crippen molar-refractivity contribution in [1.29, 1.82) is 0 Å². The predicted molar refractivity (Wildman–Crippen MR) is 114 cm³/mol. The minimum absolute atomic E-state index is 0.184. The van der Waals surface area contributed by atoms with Gasteiger partial charge in [0.2, 0.25) is 5.95 Å². The third kappa shape index (κ3) is 4.86. The lowest BCUT2D eigenvalue weighted by atomic mass is 10.1. The molecule has 0 saturated carbocycles. The van der Waals surface area contributed by atoms with Crippen LogP contribution >= 0.6 is 0 Å². The van der Waals surface area contributed by atoms with Gasteiger partial charge in [-0.2, -0.15) is 5.10 Å². The molecule has 2 aromatic carbocycles. The number of amidine groups is 1. The summed E-state index contributed by atoms with van der Waals surface area (Å²) in [5.41, 5.74) is 8.43. The molecule has 1 aromatic heterocycles. The second-order valence-corrected chi connectivity index (χ2v) is 6.06. The summed E-state index contributed by atoms with van der Waals surface area (Å²) in [6.45, 7) is 5.43. The molecule has 8 heteroatoms. The smallest absolute Gasteiger partial charge is 0.227 e. The van der Waals surface area contributed by atoms with E-state index in [2.05, 4.69) is 27.0 Å². The minimum atomic E-state index is -0.448. The van der Waals surface area contributed by atoms with Crippen LogP contribution in [0.15, 0.2) is 72.6 Å². The summed E-state index contributed by atoms with van der Waals surface area (Å²) >= 11 is 0. The van der Waals surface area contributed by atoms with Gasteiger partial charge in [-0.1, -0.05) is 6.58 Å². The molecule has 0 aliphatic carbocycles. The Morgan fingerprint density at radius 2 is 2.00 bits per heavy atom. The van der Waals surface area contributed by atoms with Crippen LogP contribution in [0.4, 0.5) is 21.7 Å². The monoisotopic (exact) mass is 392 g/mol. The molecule has 0 saturated heterocycles. The SMILES string of the molecule is C=CN(/N=C(/C)N)c1ccc(Nc2nccc(-c3ccc(OC)c(F)c3)n2)cc1. The van der Waals surface area contributed by atoms with E-state index in [-0.39, 0.29) is 5.75 Å². The Bertz CT molecular complexity index is 1030. The number of nitrogens with zero attached hydrogens (tertiary/aromatic N) is 4. The number of halogens is 1. The summed E-state index contributed by atoms with van der Waals surface area (Å²) in [6, 6.07) is 13.8. The molecular formula is C21H21FN6O. The zero-order chi connectivity index (χ0) is 20.8. The molecule has 1 heterocycles. The predicted octanol–water partition coefficient (Wildman–Crippen LogP) is 4.28. The minimum Gasteiger partial charge on any atom is -0.494 e. The average Bonchev–Trinajstić information content (AvgIpc) is 2.72. The summed E-state index contributed by atoms with van der Waals surface area (Å²) < 4.78 is 18.9. The molecule has 0 aliphatic rings. The normalized spacial score (nSPS) is 11.1. The Hall–Kier alpha value is -3.94. The lowest BCUT2D eigenvalue weighted by Crippen LogP contribution is -2.15. The van der Waals surface area contributed by atoms with Gasteiger partial charge < -0.3 is 15.8 Å². The van der Waals surface area contributed by atoms with Crippen molar-refractivity contribution in [1.82, 2.24) is 9.97 Å². The Kier molecular flexibility index (Phi) is 6.03. The third-order valence-electron chi connectivity index (χ3n) is 3.93. The number of rotatable bonds is 7. The van der Waals surface area contributed by atoms with Crippen LogP contribution in [0.3, 0.4) is 0 Å². The molecule has 0 unspecified atom stereocenters. The number of methoxy groups -OCH3 is 1. The maximum Gasteiger partial charge on any atom is 0.227 e. The Morgan fingerprint density at radius 1 is 1.24 bits per heavy atom. The van der Waals surface area contributed by atoms with Gasteiger partial charge in [0, 0.05) is 23.6 Å². The topological polar surface area (TPSA) is 88.7 Å². The van der Waals surface area contributed by atoms with Gasteiger partial charge in [0.1, 0.15) is 5.84 Å². The fraction of sp³-hybridized carbons (Fsp3) is 0.0952. The van der Waals surface area contributed by atoms with Gasteiger partial charge in [-0.25, -0.2) is 19.4 Å². The van der Waals surface area contributed by atoms with Crippen molar-refractivity contribution in [2.45, 2.75) is 6.92 Å². The van der Waals surface area contributed by atoms with Gasteiger partial charge in [0.25, 0.3) is 0 Å². The van der Waals surface area contributed by atoms with Crippen LogP contribution in [-0.4, -0.2) is 22.9 Å². The van der Waals surface area contributed by atoms with E-state index in [1.54, 1.807) is 42.5 Å². The number of aromatic nitrogens is 2. The molecule has 3 aromatic rings. The molecule has 0 atom stereocenters. The first-order chi connectivity index (χ1) is 14.0. The Morgan fingerprint density at radius 3 is 2.62 bits per heavy atom. The average molecular weight is 392 g/mol. The first-order valence-corrected chi connectivity index (χ1v) is 8.76. The lowest BCUT2D eigenvalue weighted by Gasteiger charge is -2.15. The fourth-order valence-corrected chi connectivity index (χ4v) is 2.61. The lowest BCUT2D eigenvalue weighted by molar-refractivity contribution is 0.386. The van der Waals surface area contributed by atoms with Crippen LogP contribution in [-0.2, 0) is 0 Å². The van der Waals surface area contributed by atoms with E-state index in [9.17, 15) is 4.39 Å². The molecule has 0 aliphatic heterocycles. The summed E-state index contributed by atoms with van der Waals surface area (Å²) in [6.07, 6.45) is 3.18. The van der Waals surface area contributed by atoms with Crippen LogP contribution in [0.2, 0.25) is 0 Å². The van der Waals surface area contributed by atoms with E-state index in [0.717, 1.165) is 11.4 Å². The highest BCUT2D eigenvalue weighted by Gasteiger charge is 2.08. The number of nitrogens with two attached hydrogens (primary N) is 1. The van der Waals surface area contributed by atoms with Crippen molar-refractivity contribution in [3.8, 4) is 17.0 Å². The van der Waals surface area contributed by atoms with Crippen LogP contribution < -0.4 is 20.8 Å². The highest BCUT2D eigenvalue weighted by Crippen LogP contribution is 2.25.